The molecule has 1 N–H and O–H groups in total. The lowest BCUT2D eigenvalue weighted by Crippen LogP contribution is -2.38. The molecule has 3 aromatic rings. The van der Waals surface area contributed by atoms with E-state index in [2.05, 4.69) is 30.7 Å². The lowest BCUT2D eigenvalue weighted by atomic mass is 9.96. The maximum atomic E-state index is 12.6. The second-order valence-electron chi connectivity index (χ2n) is 8.03. The number of anilines is 1. The van der Waals surface area contributed by atoms with Crippen molar-refractivity contribution < 1.29 is 13.2 Å². The van der Waals surface area contributed by atoms with E-state index in [1.807, 2.05) is 19.1 Å². The number of hydrogen-bond donors (Lipinski definition) is 1. The zero-order chi connectivity index (χ0) is 22.7. The Morgan fingerprint density at radius 3 is 2.47 bits per heavy atom. The smallest absolute Gasteiger partial charge is 0.228 e. The molecule has 0 unspecified atom stereocenters. The van der Waals surface area contributed by atoms with Crippen molar-refractivity contribution in [3.05, 3.63) is 54.0 Å². The fourth-order valence-electron chi connectivity index (χ4n) is 3.66. The first-order chi connectivity index (χ1) is 15.3. The van der Waals surface area contributed by atoms with Gasteiger partial charge in [0.2, 0.25) is 5.91 Å². The van der Waals surface area contributed by atoms with Crippen LogP contribution >= 0.6 is 0 Å². The number of pyridine rings is 1. The predicted octanol–water partition coefficient (Wildman–Crippen LogP) is 1.62. The minimum absolute atomic E-state index is 0.00296. The zero-order valence-electron chi connectivity index (χ0n) is 18.0. The van der Waals surface area contributed by atoms with Crippen LogP contribution in [0.3, 0.4) is 0 Å². The highest BCUT2D eigenvalue weighted by Crippen LogP contribution is 2.21. The van der Waals surface area contributed by atoms with Crippen LogP contribution in [0.25, 0.3) is 5.69 Å². The monoisotopic (exact) mass is 455 g/mol. The van der Waals surface area contributed by atoms with Gasteiger partial charge in [0.05, 0.1) is 17.1 Å². The third kappa shape index (κ3) is 5.17. The highest BCUT2D eigenvalue weighted by Gasteiger charge is 2.26. The van der Waals surface area contributed by atoms with Crippen LogP contribution < -0.4 is 5.32 Å². The van der Waals surface area contributed by atoms with Gasteiger partial charge in [0.15, 0.2) is 15.7 Å². The van der Waals surface area contributed by atoms with Gasteiger partial charge in [-0.25, -0.2) is 13.4 Å². The molecular formula is C21H25N7O3S. The summed E-state index contributed by atoms with van der Waals surface area (Å²) < 4.78 is 24.9. The minimum Gasteiger partial charge on any atom is -0.310 e. The maximum absolute atomic E-state index is 12.6. The molecule has 0 aliphatic carbocycles. The van der Waals surface area contributed by atoms with Crippen molar-refractivity contribution in [2.24, 2.45) is 5.92 Å². The van der Waals surface area contributed by atoms with Gasteiger partial charge in [0.25, 0.3) is 0 Å². The van der Waals surface area contributed by atoms with Crippen molar-refractivity contribution in [1.29, 1.82) is 0 Å². The molecule has 1 amide bonds. The quantitative estimate of drug-likeness (QED) is 0.595. The van der Waals surface area contributed by atoms with Crippen LogP contribution in [-0.2, 0) is 21.2 Å². The van der Waals surface area contributed by atoms with Crippen LogP contribution in [0.15, 0.2) is 47.5 Å². The topological polar surface area (TPSA) is 123 Å². The summed E-state index contributed by atoms with van der Waals surface area (Å²) in [6.07, 6.45) is 4.38. The predicted molar refractivity (Wildman–Crippen MR) is 118 cm³/mol. The second-order valence-corrected chi connectivity index (χ2v) is 10.0. The molecule has 1 saturated heterocycles. The lowest BCUT2D eigenvalue weighted by Gasteiger charge is -2.30. The van der Waals surface area contributed by atoms with E-state index in [1.54, 1.807) is 35.1 Å². The number of aryl methyl sites for hydroxylation is 1. The summed E-state index contributed by atoms with van der Waals surface area (Å²) in [7, 11) is -3.26. The van der Waals surface area contributed by atoms with Gasteiger partial charge in [-0.1, -0.05) is 6.07 Å². The van der Waals surface area contributed by atoms with Crippen LogP contribution in [0.5, 0.6) is 0 Å². The molecule has 32 heavy (non-hydrogen) atoms. The SMILES string of the molecule is Cc1ccc(NC(=O)C2CCN(Cc3nnnn3-c3ccc(S(C)(=O)=O)cc3)CC2)nc1. The number of likely N-dealkylation sites (tertiary alicyclic amines) is 1. The summed E-state index contributed by atoms with van der Waals surface area (Å²) >= 11 is 0. The van der Waals surface area contributed by atoms with Gasteiger partial charge in [-0.2, -0.15) is 4.68 Å². The molecule has 11 heteroatoms. The summed E-state index contributed by atoms with van der Waals surface area (Å²) in [6, 6.07) is 10.2. The number of piperidine rings is 1. The Morgan fingerprint density at radius 2 is 1.84 bits per heavy atom. The third-order valence-electron chi connectivity index (χ3n) is 5.53. The molecule has 1 fully saturated rings. The largest absolute Gasteiger partial charge is 0.310 e. The van der Waals surface area contributed by atoms with Crippen LogP contribution in [0.1, 0.15) is 24.2 Å². The maximum Gasteiger partial charge on any atom is 0.228 e. The van der Waals surface area contributed by atoms with E-state index in [9.17, 15) is 13.2 Å². The van der Waals surface area contributed by atoms with Gasteiger partial charge >= 0.3 is 0 Å². The number of rotatable bonds is 6. The van der Waals surface area contributed by atoms with E-state index in [-0.39, 0.29) is 16.7 Å². The Kier molecular flexibility index (Phi) is 6.28. The fourth-order valence-corrected chi connectivity index (χ4v) is 4.29. The molecule has 0 bridgehead atoms. The molecule has 0 atom stereocenters. The first-order valence-corrected chi connectivity index (χ1v) is 12.2. The average Bonchev–Trinajstić information content (AvgIpc) is 3.23. The van der Waals surface area contributed by atoms with Gasteiger partial charge < -0.3 is 5.32 Å². The molecule has 168 valence electrons. The number of aromatic nitrogens is 5. The van der Waals surface area contributed by atoms with Gasteiger partial charge in [-0.05, 0) is 79.2 Å². The first-order valence-electron chi connectivity index (χ1n) is 10.3. The molecular weight excluding hydrogens is 430 g/mol. The van der Waals surface area contributed by atoms with Gasteiger partial charge in [0, 0.05) is 18.4 Å². The highest BCUT2D eigenvalue weighted by molar-refractivity contribution is 7.90. The summed E-state index contributed by atoms with van der Waals surface area (Å²) in [6.45, 7) is 3.99. The van der Waals surface area contributed by atoms with Crippen LogP contribution in [0.2, 0.25) is 0 Å². The number of benzene rings is 1. The zero-order valence-corrected chi connectivity index (χ0v) is 18.8. The van der Waals surface area contributed by atoms with Crippen LogP contribution in [-0.4, -0.2) is 63.8 Å². The number of nitrogens with zero attached hydrogens (tertiary/aromatic N) is 6. The Balaban J connectivity index is 1.34. The van der Waals surface area contributed by atoms with Crippen molar-refractivity contribution in [3.8, 4) is 5.69 Å². The van der Waals surface area contributed by atoms with Gasteiger partial charge in [0.1, 0.15) is 5.82 Å². The van der Waals surface area contributed by atoms with Gasteiger partial charge in [-0.15, -0.1) is 5.10 Å². The molecule has 1 aromatic carbocycles. The standard InChI is InChI=1S/C21H25N7O3S/c1-15-3-8-19(22-13-15)23-21(29)16-9-11-27(12-10-16)14-20-24-25-26-28(20)17-4-6-18(7-5-17)32(2,30)31/h3-8,13,16H,9-12,14H2,1-2H3,(H,22,23,29). The second kappa shape index (κ2) is 9.13. The number of nitrogens with one attached hydrogen (secondary N) is 1. The van der Waals surface area contributed by atoms with Crippen LogP contribution in [0.4, 0.5) is 5.82 Å². The minimum atomic E-state index is -3.26. The number of sulfone groups is 1. The van der Waals surface area contributed by atoms with Crippen molar-refractivity contribution in [3.63, 3.8) is 0 Å². The van der Waals surface area contributed by atoms with E-state index in [0.29, 0.717) is 23.9 Å². The first kappa shape index (κ1) is 22.0. The molecule has 0 saturated carbocycles. The molecule has 1 aliphatic rings. The number of tetrazole rings is 1. The van der Waals surface area contributed by atoms with E-state index < -0.39 is 9.84 Å². The fraction of sp³-hybridized carbons (Fsp3) is 0.381. The molecule has 0 spiro atoms. The normalized spacial score (nSPS) is 15.6. The van der Waals surface area contributed by atoms with Gasteiger partial charge in [-0.3, -0.25) is 9.69 Å². The van der Waals surface area contributed by atoms with Crippen molar-refractivity contribution >= 4 is 21.6 Å². The van der Waals surface area contributed by atoms with Crippen molar-refractivity contribution in [2.75, 3.05) is 24.7 Å². The van der Waals surface area contributed by atoms with E-state index >= 15 is 0 Å². The number of amides is 1. The Morgan fingerprint density at radius 1 is 1.12 bits per heavy atom. The van der Waals surface area contributed by atoms with E-state index in [4.69, 9.17) is 0 Å². The summed E-state index contributed by atoms with van der Waals surface area (Å²) in [5, 5.41) is 14.9. The average molecular weight is 456 g/mol. The van der Waals surface area contributed by atoms with Crippen LogP contribution in [0, 0.1) is 12.8 Å². The summed E-state index contributed by atoms with van der Waals surface area (Å²) in [4.78, 5) is 19.3. The van der Waals surface area contributed by atoms with Crippen molar-refractivity contribution in [1.82, 2.24) is 30.1 Å². The third-order valence-corrected chi connectivity index (χ3v) is 6.66. The molecule has 1 aliphatic heterocycles. The lowest BCUT2D eigenvalue weighted by molar-refractivity contribution is -0.121. The van der Waals surface area contributed by atoms with E-state index in [0.717, 1.165) is 31.5 Å². The summed E-state index contributed by atoms with van der Waals surface area (Å²) in [5.41, 5.74) is 1.74. The van der Waals surface area contributed by atoms with Crippen molar-refractivity contribution in [2.45, 2.75) is 31.2 Å². The number of carbonyl (C=O) groups is 1. The summed E-state index contributed by atoms with van der Waals surface area (Å²) in [5.74, 6) is 1.17. The molecule has 4 rings (SSSR count). The number of carbonyl (C=O) groups excluding carboxylic acids is 1. The molecule has 2 aromatic heterocycles. The molecule has 3 heterocycles. The highest BCUT2D eigenvalue weighted by atomic mass is 32.2. The Labute approximate surface area is 186 Å². The number of hydrogen-bond acceptors (Lipinski definition) is 8. The molecule has 0 radical (unpaired) electrons. The van der Waals surface area contributed by atoms with E-state index in [1.165, 1.54) is 6.26 Å². The molecule has 10 nitrogen and oxygen atoms in total. The Bertz CT molecular complexity index is 1180. The Hall–Kier alpha value is -3.18.